The van der Waals surface area contributed by atoms with E-state index in [0.29, 0.717) is 6.54 Å². The number of carbonyl (C=O) groups excluding carboxylic acids is 2. The highest BCUT2D eigenvalue weighted by Crippen LogP contribution is 2.28. The first-order valence-corrected chi connectivity index (χ1v) is 8.26. The molecule has 5 heteroatoms. The summed E-state index contributed by atoms with van der Waals surface area (Å²) in [7, 11) is 1.52. The zero-order valence-electron chi connectivity index (χ0n) is 14.5. The molecule has 0 spiro atoms. The van der Waals surface area contributed by atoms with E-state index in [0.717, 1.165) is 11.1 Å². The molecule has 0 bridgehead atoms. The van der Waals surface area contributed by atoms with Crippen LogP contribution in [0.1, 0.15) is 18.1 Å². The minimum atomic E-state index is -1.11. The van der Waals surface area contributed by atoms with Crippen LogP contribution in [0.3, 0.4) is 0 Å². The molecule has 5 nitrogen and oxygen atoms in total. The molecule has 1 fully saturated rings. The molecule has 1 aliphatic rings. The molecule has 0 N–H and O–H groups in total. The minimum Gasteiger partial charge on any atom is -0.364 e. The Morgan fingerprint density at radius 3 is 2.28 bits per heavy atom. The van der Waals surface area contributed by atoms with Crippen molar-refractivity contribution in [2.45, 2.75) is 19.1 Å². The third-order valence-corrected chi connectivity index (χ3v) is 4.66. The van der Waals surface area contributed by atoms with E-state index in [9.17, 15) is 9.59 Å². The number of rotatable bonds is 5. The van der Waals surface area contributed by atoms with Gasteiger partial charge in [0.05, 0.1) is 6.67 Å². The number of methoxy groups -OCH3 is 1. The quantitative estimate of drug-likeness (QED) is 0.841. The molecule has 1 saturated heterocycles. The summed E-state index contributed by atoms with van der Waals surface area (Å²) in [6, 6.07) is 19.1. The minimum absolute atomic E-state index is 0.0521. The van der Waals surface area contributed by atoms with E-state index in [1.165, 1.54) is 7.11 Å². The van der Waals surface area contributed by atoms with Crippen LogP contribution in [0, 0.1) is 0 Å². The van der Waals surface area contributed by atoms with Gasteiger partial charge < -0.3 is 14.5 Å². The Labute approximate surface area is 147 Å². The number of ether oxygens (including phenoxy) is 1. The molecule has 0 aliphatic carbocycles. The van der Waals surface area contributed by atoms with E-state index >= 15 is 0 Å². The SMILES string of the molecule is COC(C)(C(=O)N1CC(=O)N(Cc2ccccc2)C1)c1ccccc1. The highest BCUT2D eigenvalue weighted by Gasteiger charge is 2.42. The second-order valence-corrected chi connectivity index (χ2v) is 6.33. The lowest BCUT2D eigenvalue weighted by Crippen LogP contribution is -2.46. The zero-order chi connectivity index (χ0) is 17.9. The van der Waals surface area contributed by atoms with E-state index in [1.807, 2.05) is 60.7 Å². The maximum absolute atomic E-state index is 13.1. The molecule has 1 aliphatic heterocycles. The third-order valence-electron chi connectivity index (χ3n) is 4.66. The van der Waals surface area contributed by atoms with Gasteiger partial charge in [-0.15, -0.1) is 0 Å². The molecule has 3 rings (SSSR count). The van der Waals surface area contributed by atoms with Crippen LogP contribution in [0.2, 0.25) is 0 Å². The van der Waals surface area contributed by atoms with Crippen molar-refractivity contribution in [3.8, 4) is 0 Å². The van der Waals surface area contributed by atoms with E-state index in [-0.39, 0.29) is 25.0 Å². The molecule has 2 amide bonds. The standard InChI is InChI=1S/C20H22N2O3/c1-20(25-2,17-11-7-4-8-12-17)19(24)22-14-18(23)21(15-22)13-16-9-5-3-6-10-16/h3-12H,13-15H2,1-2H3. The predicted molar refractivity (Wildman–Crippen MR) is 94.4 cm³/mol. The zero-order valence-corrected chi connectivity index (χ0v) is 14.5. The van der Waals surface area contributed by atoms with Gasteiger partial charge in [0.1, 0.15) is 6.54 Å². The van der Waals surface area contributed by atoms with Crippen molar-refractivity contribution in [1.82, 2.24) is 9.80 Å². The third kappa shape index (κ3) is 3.42. The van der Waals surface area contributed by atoms with E-state index < -0.39 is 5.60 Å². The number of hydrogen-bond acceptors (Lipinski definition) is 3. The second kappa shape index (κ2) is 7.07. The lowest BCUT2D eigenvalue weighted by molar-refractivity contribution is -0.154. The summed E-state index contributed by atoms with van der Waals surface area (Å²) in [6.45, 7) is 2.60. The van der Waals surface area contributed by atoms with E-state index in [2.05, 4.69) is 0 Å². The summed E-state index contributed by atoms with van der Waals surface area (Å²) in [4.78, 5) is 28.6. The van der Waals surface area contributed by atoms with E-state index in [1.54, 1.807) is 16.7 Å². The molecule has 130 valence electrons. The average Bonchev–Trinajstić information content (AvgIpc) is 3.02. The Morgan fingerprint density at radius 1 is 1.08 bits per heavy atom. The fourth-order valence-corrected chi connectivity index (χ4v) is 3.06. The van der Waals surface area contributed by atoms with Crippen molar-refractivity contribution in [1.29, 1.82) is 0 Å². The number of benzene rings is 2. The first-order valence-electron chi connectivity index (χ1n) is 8.26. The summed E-state index contributed by atoms with van der Waals surface area (Å²) in [5.74, 6) is -0.256. The summed E-state index contributed by atoms with van der Waals surface area (Å²) in [5, 5.41) is 0. The second-order valence-electron chi connectivity index (χ2n) is 6.33. The summed E-state index contributed by atoms with van der Waals surface area (Å²) in [6.07, 6.45) is 0. The molecule has 0 radical (unpaired) electrons. The van der Waals surface area contributed by atoms with E-state index in [4.69, 9.17) is 4.74 Å². The van der Waals surface area contributed by atoms with Gasteiger partial charge in [-0.2, -0.15) is 0 Å². The van der Waals surface area contributed by atoms with Gasteiger partial charge in [-0.1, -0.05) is 60.7 Å². The van der Waals surface area contributed by atoms with Crippen LogP contribution < -0.4 is 0 Å². The van der Waals surface area contributed by atoms with Crippen LogP contribution in [0.5, 0.6) is 0 Å². The van der Waals surface area contributed by atoms with Gasteiger partial charge in [-0.3, -0.25) is 9.59 Å². The van der Waals surface area contributed by atoms with Gasteiger partial charge in [0.25, 0.3) is 5.91 Å². The number of amides is 2. The van der Waals surface area contributed by atoms with Gasteiger partial charge in [-0.25, -0.2) is 0 Å². The van der Waals surface area contributed by atoms with Gasteiger partial charge in [0.15, 0.2) is 5.60 Å². The van der Waals surface area contributed by atoms with Gasteiger partial charge >= 0.3 is 0 Å². The van der Waals surface area contributed by atoms with Crippen LogP contribution in [0.25, 0.3) is 0 Å². The van der Waals surface area contributed by atoms with Gasteiger partial charge in [0, 0.05) is 13.7 Å². The monoisotopic (exact) mass is 338 g/mol. The summed E-state index contributed by atoms with van der Waals surface area (Å²) in [5.41, 5.74) is 0.712. The number of nitrogens with zero attached hydrogens (tertiary/aromatic N) is 2. The first-order chi connectivity index (χ1) is 12.0. The van der Waals surface area contributed by atoms with Crippen molar-refractivity contribution in [3.05, 3.63) is 71.8 Å². The summed E-state index contributed by atoms with van der Waals surface area (Å²) < 4.78 is 5.57. The Bertz CT molecular complexity index is 748. The maximum atomic E-state index is 13.1. The highest BCUT2D eigenvalue weighted by molar-refractivity contribution is 5.92. The Balaban J connectivity index is 1.76. The van der Waals surface area contributed by atoms with Crippen molar-refractivity contribution in [2.24, 2.45) is 0 Å². The van der Waals surface area contributed by atoms with Crippen LogP contribution >= 0.6 is 0 Å². The Hall–Kier alpha value is -2.66. The van der Waals surface area contributed by atoms with Crippen molar-refractivity contribution in [2.75, 3.05) is 20.3 Å². The molecule has 2 aromatic rings. The Morgan fingerprint density at radius 2 is 1.68 bits per heavy atom. The lowest BCUT2D eigenvalue weighted by atomic mass is 9.94. The van der Waals surface area contributed by atoms with Crippen molar-refractivity contribution >= 4 is 11.8 Å². The lowest BCUT2D eigenvalue weighted by Gasteiger charge is -2.31. The molecule has 0 saturated carbocycles. The molecule has 25 heavy (non-hydrogen) atoms. The van der Waals surface area contributed by atoms with Crippen LogP contribution in [0.15, 0.2) is 60.7 Å². The fraction of sp³-hybridized carbons (Fsp3) is 0.300. The molecule has 1 unspecified atom stereocenters. The molecular weight excluding hydrogens is 316 g/mol. The number of carbonyl (C=O) groups is 2. The average molecular weight is 338 g/mol. The smallest absolute Gasteiger partial charge is 0.261 e. The first kappa shape index (κ1) is 17.2. The molecule has 1 heterocycles. The largest absolute Gasteiger partial charge is 0.364 e. The number of hydrogen-bond donors (Lipinski definition) is 0. The van der Waals surface area contributed by atoms with Crippen molar-refractivity contribution in [3.63, 3.8) is 0 Å². The van der Waals surface area contributed by atoms with Crippen molar-refractivity contribution < 1.29 is 14.3 Å². The fourth-order valence-electron chi connectivity index (χ4n) is 3.06. The molecule has 2 aromatic carbocycles. The Kier molecular flexibility index (Phi) is 4.86. The van der Waals surface area contributed by atoms with Crippen LogP contribution in [-0.2, 0) is 26.5 Å². The molecule has 0 aromatic heterocycles. The normalized spacial score (nSPS) is 16.8. The summed E-state index contributed by atoms with van der Waals surface area (Å²) >= 11 is 0. The van der Waals surface area contributed by atoms with Crippen LogP contribution in [-0.4, -0.2) is 41.9 Å². The van der Waals surface area contributed by atoms with Crippen LogP contribution in [0.4, 0.5) is 0 Å². The van der Waals surface area contributed by atoms with Gasteiger partial charge in [-0.05, 0) is 18.1 Å². The molecule has 1 atom stereocenters. The predicted octanol–water partition coefficient (Wildman–Crippen LogP) is 2.38. The maximum Gasteiger partial charge on any atom is 0.261 e. The molecular formula is C20H22N2O3. The van der Waals surface area contributed by atoms with Gasteiger partial charge in [0.2, 0.25) is 5.91 Å². The topological polar surface area (TPSA) is 49.9 Å². The highest BCUT2D eigenvalue weighted by atomic mass is 16.5.